The molecule has 0 aliphatic carbocycles. The van der Waals surface area contributed by atoms with Gasteiger partial charge in [0.25, 0.3) is 0 Å². The summed E-state index contributed by atoms with van der Waals surface area (Å²) >= 11 is 0. The minimum atomic E-state index is -0.346. The summed E-state index contributed by atoms with van der Waals surface area (Å²) in [5.74, 6) is 0.0102. The third-order valence-electron chi connectivity index (χ3n) is 3.80. The lowest BCUT2D eigenvalue weighted by atomic mass is 9.98. The molecule has 1 atom stereocenters. The van der Waals surface area contributed by atoms with Crippen molar-refractivity contribution in [1.29, 1.82) is 0 Å². The molecule has 6 heteroatoms. The van der Waals surface area contributed by atoms with Crippen molar-refractivity contribution in [2.45, 2.75) is 19.8 Å². The van der Waals surface area contributed by atoms with Crippen molar-refractivity contribution < 1.29 is 14.3 Å². The van der Waals surface area contributed by atoms with Crippen molar-refractivity contribution in [3.8, 4) is 5.75 Å². The number of aryl methyl sites for hydroxylation is 1. The van der Waals surface area contributed by atoms with Crippen LogP contribution in [-0.4, -0.2) is 37.0 Å². The predicted molar refractivity (Wildman–Crippen MR) is 80.2 cm³/mol. The van der Waals surface area contributed by atoms with Crippen molar-refractivity contribution in [2.24, 2.45) is 11.7 Å². The first-order chi connectivity index (χ1) is 10.0. The Morgan fingerprint density at radius 3 is 2.86 bits per heavy atom. The van der Waals surface area contributed by atoms with Gasteiger partial charge in [0.2, 0.25) is 5.91 Å². The number of likely N-dealkylation sites (tertiary alicyclic amines) is 1. The third kappa shape index (κ3) is 3.45. The van der Waals surface area contributed by atoms with Crippen LogP contribution in [0.2, 0.25) is 0 Å². The SMILES string of the molecule is COc1cccc(C)c1NC(=O)N1CCC[C@H](C(N)=O)C1. The second-order valence-electron chi connectivity index (χ2n) is 5.27. The van der Waals surface area contributed by atoms with Crippen molar-refractivity contribution in [3.05, 3.63) is 23.8 Å². The number of benzene rings is 1. The first kappa shape index (κ1) is 15.2. The van der Waals surface area contributed by atoms with E-state index in [1.165, 1.54) is 0 Å². The van der Waals surface area contributed by atoms with Crippen LogP contribution in [0.4, 0.5) is 10.5 Å². The number of para-hydroxylation sites is 1. The zero-order chi connectivity index (χ0) is 15.4. The van der Waals surface area contributed by atoms with Crippen LogP contribution in [-0.2, 0) is 4.79 Å². The smallest absolute Gasteiger partial charge is 0.321 e. The summed E-state index contributed by atoms with van der Waals surface area (Å²) in [5.41, 5.74) is 6.92. The molecular weight excluding hydrogens is 270 g/mol. The van der Waals surface area contributed by atoms with E-state index in [-0.39, 0.29) is 17.9 Å². The number of urea groups is 1. The maximum Gasteiger partial charge on any atom is 0.321 e. The van der Waals surface area contributed by atoms with E-state index >= 15 is 0 Å². The number of piperidine rings is 1. The van der Waals surface area contributed by atoms with Gasteiger partial charge in [-0.2, -0.15) is 0 Å². The van der Waals surface area contributed by atoms with E-state index in [0.717, 1.165) is 18.4 Å². The Labute approximate surface area is 124 Å². The van der Waals surface area contributed by atoms with Crippen LogP contribution >= 0.6 is 0 Å². The van der Waals surface area contributed by atoms with E-state index in [1.54, 1.807) is 18.1 Å². The maximum absolute atomic E-state index is 12.4. The number of amides is 3. The largest absolute Gasteiger partial charge is 0.495 e. The fourth-order valence-corrected chi connectivity index (χ4v) is 2.55. The average Bonchev–Trinajstić information content (AvgIpc) is 2.49. The van der Waals surface area contributed by atoms with Gasteiger partial charge in [-0.05, 0) is 31.4 Å². The predicted octanol–water partition coefficient (Wildman–Crippen LogP) is 1.73. The minimum Gasteiger partial charge on any atom is -0.495 e. The number of hydrogen-bond acceptors (Lipinski definition) is 3. The van der Waals surface area contributed by atoms with E-state index in [0.29, 0.717) is 24.5 Å². The molecule has 0 spiro atoms. The number of carbonyl (C=O) groups is 2. The van der Waals surface area contributed by atoms with Gasteiger partial charge in [0, 0.05) is 13.1 Å². The Balaban J connectivity index is 2.09. The summed E-state index contributed by atoms with van der Waals surface area (Å²) in [7, 11) is 1.56. The number of primary amides is 1. The Bertz CT molecular complexity index is 545. The molecule has 0 radical (unpaired) electrons. The molecule has 1 aliphatic heterocycles. The van der Waals surface area contributed by atoms with Crippen molar-refractivity contribution in [3.63, 3.8) is 0 Å². The molecule has 1 aromatic rings. The van der Waals surface area contributed by atoms with Gasteiger partial charge in [-0.15, -0.1) is 0 Å². The van der Waals surface area contributed by atoms with Gasteiger partial charge in [-0.1, -0.05) is 12.1 Å². The van der Waals surface area contributed by atoms with E-state index < -0.39 is 0 Å². The van der Waals surface area contributed by atoms with Crippen molar-refractivity contribution in [2.75, 3.05) is 25.5 Å². The summed E-state index contributed by atoms with van der Waals surface area (Å²) in [6.07, 6.45) is 1.53. The first-order valence-corrected chi connectivity index (χ1v) is 7.01. The molecule has 1 fully saturated rings. The fraction of sp³-hybridized carbons (Fsp3) is 0.467. The lowest BCUT2D eigenvalue weighted by molar-refractivity contribution is -0.123. The molecule has 21 heavy (non-hydrogen) atoms. The normalized spacial score (nSPS) is 18.2. The van der Waals surface area contributed by atoms with Gasteiger partial charge in [0.05, 0.1) is 18.7 Å². The lowest BCUT2D eigenvalue weighted by Gasteiger charge is -2.31. The van der Waals surface area contributed by atoms with Crippen molar-refractivity contribution in [1.82, 2.24) is 4.90 Å². The molecular formula is C15H21N3O3. The molecule has 2 rings (SSSR count). The lowest BCUT2D eigenvalue weighted by Crippen LogP contribution is -2.45. The number of methoxy groups -OCH3 is 1. The number of anilines is 1. The molecule has 6 nitrogen and oxygen atoms in total. The summed E-state index contributed by atoms with van der Waals surface area (Å²) in [6, 6.07) is 5.34. The minimum absolute atomic E-state index is 0.228. The molecule has 1 heterocycles. The van der Waals surface area contributed by atoms with E-state index in [2.05, 4.69) is 5.32 Å². The molecule has 0 unspecified atom stereocenters. The van der Waals surface area contributed by atoms with Gasteiger partial charge in [-0.3, -0.25) is 4.79 Å². The summed E-state index contributed by atoms with van der Waals surface area (Å²) < 4.78 is 5.27. The number of nitrogens with one attached hydrogen (secondary N) is 1. The second kappa shape index (κ2) is 6.47. The highest BCUT2D eigenvalue weighted by Gasteiger charge is 2.27. The fourth-order valence-electron chi connectivity index (χ4n) is 2.55. The quantitative estimate of drug-likeness (QED) is 0.889. The van der Waals surface area contributed by atoms with E-state index in [1.807, 2.05) is 19.1 Å². The molecule has 114 valence electrons. The maximum atomic E-state index is 12.4. The Morgan fingerprint density at radius 1 is 1.43 bits per heavy atom. The summed E-state index contributed by atoms with van der Waals surface area (Å²) in [6.45, 7) is 2.90. The van der Waals surface area contributed by atoms with Gasteiger partial charge in [0.1, 0.15) is 5.75 Å². The van der Waals surface area contributed by atoms with Crippen LogP contribution in [0.3, 0.4) is 0 Å². The summed E-state index contributed by atoms with van der Waals surface area (Å²) in [5, 5.41) is 2.87. The van der Waals surface area contributed by atoms with Crippen LogP contribution in [0.5, 0.6) is 5.75 Å². The van der Waals surface area contributed by atoms with Crippen LogP contribution in [0.15, 0.2) is 18.2 Å². The van der Waals surface area contributed by atoms with Crippen LogP contribution in [0, 0.1) is 12.8 Å². The Kier molecular flexibility index (Phi) is 4.67. The monoisotopic (exact) mass is 291 g/mol. The highest BCUT2D eigenvalue weighted by Crippen LogP contribution is 2.28. The van der Waals surface area contributed by atoms with Gasteiger partial charge in [-0.25, -0.2) is 4.79 Å². The first-order valence-electron chi connectivity index (χ1n) is 7.01. The number of nitrogens with zero attached hydrogens (tertiary/aromatic N) is 1. The zero-order valence-electron chi connectivity index (χ0n) is 12.4. The van der Waals surface area contributed by atoms with Gasteiger partial charge >= 0.3 is 6.03 Å². The van der Waals surface area contributed by atoms with Crippen molar-refractivity contribution >= 4 is 17.6 Å². The Hall–Kier alpha value is -2.24. The van der Waals surface area contributed by atoms with Crippen LogP contribution < -0.4 is 15.8 Å². The average molecular weight is 291 g/mol. The summed E-state index contributed by atoms with van der Waals surface area (Å²) in [4.78, 5) is 25.3. The number of rotatable bonds is 3. The van der Waals surface area contributed by atoms with Crippen LogP contribution in [0.25, 0.3) is 0 Å². The molecule has 1 aliphatic rings. The van der Waals surface area contributed by atoms with Gasteiger partial charge in [0.15, 0.2) is 0 Å². The molecule has 3 amide bonds. The molecule has 1 aromatic carbocycles. The zero-order valence-corrected chi connectivity index (χ0v) is 12.4. The number of ether oxygens (including phenoxy) is 1. The van der Waals surface area contributed by atoms with Gasteiger partial charge < -0.3 is 20.7 Å². The van der Waals surface area contributed by atoms with E-state index in [4.69, 9.17) is 10.5 Å². The second-order valence-corrected chi connectivity index (χ2v) is 5.27. The number of nitrogens with two attached hydrogens (primary N) is 1. The number of hydrogen-bond donors (Lipinski definition) is 2. The highest BCUT2D eigenvalue weighted by molar-refractivity contribution is 5.92. The van der Waals surface area contributed by atoms with Crippen LogP contribution in [0.1, 0.15) is 18.4 Å². The molecule has 0 bridgehead atoms. The van der Waals surface area contributed by atoms with E-state index in [9.17, 15) is 9.59 Å². The highest BCUT2D eigenvalue weighted by atomic mass is 16.5. The molecule has 0 saturated carbocycles. The molecule has 0 aromatic heterocycles. The standard InChI is InChI=1S/C15H21N3O3/c1-10-5-3-7-12(21-2)13(10)17-15(20)18-8-4-6-11(9-18)14(16)19/h3,5,7,11H,4,6,8-9H2,1-2H3,(H2,16,19)(H,17,20)/t11-/m0/s1. The molecule has 1 saturated heterocycles. The number of carbonyl (C=O) groups excluding carboxylic acids is 2. The third-order valence-corrected chi connectivity index (χ3v) is 3.80. The molecule has 3 N–H and O–H groups in total. The Morgan fingerprint density at radius 2 is 2.19 bits per heavy atom. The topological polar surface area (TPSA) is 84.7 Å².